The van der Waals surface area contributed by atoms with Crippen LogP contribution in [0.2, 0.25) is 5.02 Å². The molecule has 0 radical (unpaired) electrons. The molecule has 2 aromatic rings. The molecular formula is C16H13ClN2O2. The van der Waals surface area contributed by atoms with E-state index in [4.69, 9.17) is 27.3 Å². The molecule has 0 aliphatic carbocycles. The Morgan fingerprint density at radius 3 is 2.76 bits per heavy atom. The summed E-state index contributed by atoms with van der Waals surface area (Å²) < 4.78 is 5.24. The molecule has 0 atom stereocenters. The first-order chi connectivity index (χ1) is 10.0. The van der Waals surface area contributed by atoms with E-state index in [0.29, 0.717) is 27.4 Å². The molecule has 0 aliphatic rings. The lowest BCUT2D eigenvalue weighted by atomic mass is 10.1. The van der Waals surface area contributed by atoms with Crippen LogP contribution in [-0.4, -0.2) is 5.97 Å². The summed E-state index contributed by atoms with van der Waals surface area (Å²) in [7, 11) is 0. The van der Waals surface area contributed by atoms with E-state index in [1.807, 2.05) is 6.07 Å². The second-order valence-corrected chi connectivity index (χ2v) is 4.94. The lowest BCUT2D eigenvalue weighted by Gasteiger charge is -2.10. The third-order valence-electron chi connectivity index (χ3n) is 3.05. The topological polar surface area (TPSA) is 76.1 Å². The first-order valence-corrected chi connectivity index (χ1v) is 6.61. The van der Waals surface area contributed by atoms with Crippen LogP contribution in [0.1, 0.15) is 27.0 Å². The zero-order valence-corrected chi connectivity index (χ0v) is 12.1. The molecule has 0 aromatic heterocycles. The Kier molecular flexibility index (Phi) is 4.46. The number of carbonyl (C=O) groups is 1. The lowest BCUT2D eigenvalue weighted by Crippen LogP contribution is -2.10. The molecule has 0 spiro atoms. The minimum absolute atomic E-state index is 0.0249. The van der Waals surface area contributed by atoms with E-state index in [0.717, 1.165) is 5.56 Å². The number of nitrogens with two attached hydrogens (primary N) is 1. The van der Waals surface area contributed by atoms with E-state index in [2.05, 4.69) is 0 Å². The molecule has 0 heterocycles. The smallest absolute Gasteiger partial charge is 0.340 e. The Morgan fingerprint density at radius 2 is 2.14 bits per heavy atom. The van der Waals surface area contributed by atoms with E-state index in [9.17, 15) is 4.79 Å². The van der Waals surface area contributed by atoms with Crippen molar-refractivity contribution in [2.75, 3.05) is 5.73 Å². The number of carbonyl (C=O) groups excluding carboxylic acids is 1. The number of esters is 1. The number of nitrogen functional groups attached to an aromatic ring is 1. The molecule has 0 fully saturated rings. The quantitative estimate of drug-likeness (QED) is 0.695. The Balaban J connectivity index is 2.13. The van der Waals surface area contributed by atoms with Crippen LogP contribution in [0, 0.1) is 18.3 Å². The Labute approximate surface area is 127 Å². The Hall–Kier alpha value is -2.51. The summed E-state index contributed by atoms with van der Waals surface area (Å²) in [5.74, 6) is -0.494. The molecule has 5 heteroatoms. The maximum Gasteiger partial charge on any atom is 0.340 e. The summed E-state index contributed by atoms with van der Waals surface area (Å²) in [5.41, 5.74) is 8.39. The number of hydrogen-bond donors (Lipinski definition) is 1. The number of ether oxygens (including phenoxy) is 1. The van der Waals surface area contributed by atoms with Crippen LogP contribution in [0.15, 0.2) is 36.4 Å². The third-order valence-corrected chi connectivity index (χ3v) is 3.40. The van der Waals surface area contributed by atoms with Gasteiger partial charge in [0.25, 0.3) is 0 Å². The molecule has 2 N–H and O–H groups in total. The van der Waals surface area contributed by atoms with Crippen molar-refractivity contribution >= 4 is 23.3 Å². The minimum atomic E-state index is -0.494. The SMILES string of the molecule is Cc1cccc(N)c1C(=O)OCc1ccc(C#N)cc1Cl. The number of aryl methyl sites for hydroxylation is 1. The van der Waals surface area contributed by atoms with Crippen molar-refractivity contribution in [1.29, 1.82) is 5.26 Å². The fraction of sp³-hybridized carbons (Fsp3) is 0.125. The van der Waals surface area contributed by atoms with Crippen LogP contribution in [0.5, 0.6) is 0 Å². The van der Waals surface area contributed by atoms with Crippen LogP contribution in [-0.2, 0) is 11.3 Å². The third kappa shape index (κ3) is 3.33. The van der Waals surface area contributed by atoms with Gasteiger partial charge < -0.3 is 10.5 Å². The molecule has 0 amide bonds. The second-order valence-electron chi connectivity index (χ2n) is 4.53. The first kappa shape index (κ1) is 14.9. The van der Waals surface area contributed by atoms with E-state index in [1.54, 1.807) is 37.3 Å². The molecule has 0 aliphatic heterocycles. The van der Waals surface area contributed by atoms with Gasteiger partial charge in [0.1, 0.15) is 6.61 Å². The average Bonchev–Trinajstić information content (AvgIpc) is 2.45. The monoisotopic (exact) mass is 300 g/mol. The number of nitrogens with zero attached hydrogens (tertiary/aromatic N) is 1. The summed E-state index contributed by atoms with van der Waals surface area (Å²) in [6, 6.07) is 12.0. The maximum absolute atomic E-state index is 12.1. The van der Waals surface area contributed by atoms with Gasteiger partial charge >= 0.3 is 5.97 Å². The number of halogens is 1. The molecule has 4 nitrogen and oxygen atoms in total. The van der Waals surface area contributed by atoms with Crippen LogP contribution in [0.3, 0.4) is 0 Å². The summed E-state index contributed by atoms with van der Waals surface area (Å²) >= 11 is 6.03. The van der Waals surface area contributed by atoms with Gasteiger partial charge in [-0.05, 0) is 30.7 Å². The van der Waals surface area contributed by atoms with E-state index in [-0.39, 0.29) is 6.61 Å². The molecule has 106 valence electrons. The molecule has 2 rings (SSSR count). The fourth-order valence-electron chi connectivity index (χ4n) is 1.92. The minimum Gasteiger partial charge on any atom is -0.457 e. The number of rotatable bonds is 3. The average molecular weight is 301 g/mol. The Bertz CT molecular complexity index is 715. The van der Waals surface area contributed by atoms with Crippen molar-refractivity contribution in [1.82, 2.24) is 0 Å². The van der Waals surface area contributed by atoms with E-state index >= 15 is 0 Å². The summed E-state index contributed by atoms with van der Waals surface area (Å²) in [6.45, 7) is 1.82. The van der Waals surface area contributed by atoms with Crippen LogP contribution < -0.4 is 5.73 Å². The highest BCUT2D eigenvalue weighted by molar-refractivity contribution is 6.31. The molecule has 2 aromatic carbocycles. The van der Waals surface area contributed by atoms with Crippen molar-refractivity contribution in [3.8, 4) is 6.07 Å². The summed E-state index contributed by atoms with van der Waals surface area (Å²) in [6.07, 6.45) is 0. The van der Waals surface area contributed by atoms with Crippen molar-refractivity contribution in [2.24, 2.45) is 0 Å². The molecule has 0 unspecified atom stereocenters. The molecule has 0 saturated carbocycles. The summed E-state index contributed by atoms with van der Waals surface area (Å²) in [5, 5.41) is 9.16. The van der Waals surface area contributed by atoms with Crippen LogP contribution >= 0.6 is 11.6 Å². The van der Waals surface area contributed by atoms with Gasteiger partial charge in [-0.25, -0.2) is 4.79 Å². The fourth-order valence-corrected chi connectivity index (χ4v) is 2.15. The number of hydrogen-bond acceptors (Lipinski definition) is 4. The molecule has 0 saturated heterocycles. The van der Waals surface area contributed by atoms with Gasteiger partial charge in [0.15, 0.2) is 0 Å². The lowest BCUT2D eigenvalue weighted by molar-refractivity contribution is 0.0473. The normalized spacial score (nSPS) is 9.95. The van der Waals surface area contributed by atoms with Gasteiger partial charge in [-0.2, -0.15) is 5.26 Å². The second kappa shape index (κ2) is 6.29. The number of benzene rings is 2. The van der Waals surface area contributed by atoms with Gasteiger partial charge in [0.05, 0.1) is 17.2 Å². The van der Waals surface area contributed by atoms with Gasteiger partial charge in [-0.1, -0.05) is 29.8 Å². The molecule has 21 heavy (non-hydrogen) atoms. The highest BCUT2D eigenvalue weighted by atomic mass is 35.5. The van der Waals surface area contributed by atoms with Gasteiger partial charge in [0, 0.05) is 16.3 Å². The zero-order chi connectivity index (χ0) is 15.4. The number of nitriles is 1. The highest BCUT2D eigenvalue weighted by Crippen LogP contribution is 2.21. The van der Waals surface area contributed by atoms with Gasteiger partial charge in [-0.15, -0.1) is 0 Å². The van der Waals surface area contributed by atoms with Crippen molar-refractivity contribution in [3.63, 3.8) is 0 Å². The summed E-state index contributed by atoms with van der Waals surface area (Å²) in [4.78, 5) is 12.1. The molecular weight excluding hydrogens is 288 g/mol. The largest absolute Gasteiger partial charge is 0.457 e. The number of anilines is 1. The standard InChI is InChI=1S/C16H13ClN2O2/c1-10-3-2-4-14(19)15(10)16(20)21-9-12-6-5-11(8-18)7-13(12)17/h2-7H,9,19H2,1H3. The first-order valence-electron chi connectivity index (χ1n) is 6.23. The predicted molar refractivity (Wildman–Crippen MR) is 80.9 cm³/mol. The molecule has 0 bridgehead atoms. The highest BCUT2D eigenvalue weighted by Gasteiger charge is 2.14. The van der Waals surface area contributed by atoms with Crippen molar-refractivity contribution < 1.29 is 9.53 Å². The van der Waals surface area contributed by atoms with Crippen LogP contribution in [0.4, 0.5) is 5.69 Å². The predicted octanol–water partition coefficient (Wildman–Crippen LogP) is 3.46. The van der Waals surface area contributed by atoms with Gasteiger partial charge in [0.2, 0.25) is 0 Å². The maximum atomic E-state index is 12.1. The van der Waals surface area contributed by atoms with Crippen molar-refractivity contribution in [2.45, 2.75) is 13.5 Å². The van der Waals surface area contributed by atoms with E-state index in [1.165, 1.54) is 6.07 Å². The Morgan fingerprint density at radius 1 is 1.38 bits per heavy atom. The zero-order valence-electron chi connectivity index (χ0n) is 11.4. The van der Waals surface area contributed by atoms with Crippen molar-refractivity contribution in [3.05, 3.63) is 63.7 Å². The van der Waals surface area contributed by atoms with Crippen LogP contribution in [0.25, 0.3) is 0 Å². The van der Waals surface area contributed by atoms with E-state index < -0.39 is 5.97 Å². The van der Waals surface area contributed by atoms with Gasteiger partial charge in [-0.3, -0.25) is 0 Å².